The molecule has 0 aliphatic rings. The van der Waals surface area contributed by atoms with Crippen molar-refractivity contribution in [3.63, 3.8) is 0 Å². The van der Waals surface area contributed by atoms with Gasteiger partial charge in [-0.1, -0.05) is 0 Å². The zero-order valence-electron chi connectivity index (χ0n) is 2.98. The number of hydrogen-bond acceptors (Lipinski definition) is 1. The van der Waals surface area contributed by atoms with E-state index in [0.717, 1.165) is 7.15 Å². The fourth-order valence-electron chi connectivity index (χ4n) is 0.0680. The standard InChI is InChI=1S/C3H5BO/c1-2-3-4-5/h2H,1,3H2. The number of rotatable bonds is 2. The van der Waals surface area contributed by atoms with Crippen molar-refractivity contribution in [2.75, 3.05) is 0 Å². The fraction of sp³-hybridized carbons (Fsp3) is 0.333. The molecule has 1 nitrogen and oxygen atoms in total. The summed E-state index contributed by atoms with van der Waals surface area (Å²) in [7, 11) is 0.812. The van der Waals surface area contributed by atoms with Gasteiger partial charge in [0.25, 0.3) is 0 Å². The Bertz CT molecular complexity index is 36.2. The Morgan fingerprint density at radius 3 is 2.60 bits per heavy atom. The van der Waals surface area contributed by atoms with Crippen LogP contribution in [0, 0.1) is 0 Å². The molecule has 0 heterocycles. The summed E-state index contributed by atoms with van der Waals surface area (Å²) in [6, 6.07) is 0. The van der Waals surface area contributed by atoms with Crippen LogP contribution in [-0.2, 0) is 4.70 Å². The normalized spacial score (nSPS) is 5.60. The van der Waals surface area contributed by atoms with Gasteiger partial charge in [-0.3, -0.25) is 0 Å². The first-order chi connectivity index (χ1) is 2.41. The van der Waals surface area contributed by atoms with E-state index in [9.17, 15) is 4.70 Å². The zero-order valence-corrected chi connectivity index (χ0v) is 2.98. The third kappa shape index (κ3) is 3.60. The van der Waals surface area contributed by atoms with Crippen LogP contribution in [0.4, 0.5) is 0 Å². The van der Waals surface area contributed by atoms with Crippen molar-refractivity contribution in [3.05, 3.63) is 12.7 Å². The molecule has 2 heteroatoms. The Hall–Kier alpha value is -0.395. The van der Waals surface area contributed by atoms with E-state index < -0.39 is 0 Å². The molecule has 0 aromatic rings. The van der Waals surface area contributed by atoms with Gasteiger partial charge in [0.2, 0.25) is 0 Å². The molecule has 5 heavy (non-hydrogen) atoms. The zero-order chi connectivity index (χ0) is 4.12. The molecular weight excluding hydrogens is 62.8 g/mol. The van der Waals surface area contributed by atoms with E-state index in [0.29, 0.717) is 6.32 Å². The molecule has 0 radical (unpaired) electrons. The molecule has 0 unspecified atom stereocenters. The molecule has 0 aliphatic carbocycles. The topological polar surface area (TPSA) is 17.1 Å². The summed E-state index contributed by atoms with van der Waals surface area (Å²) >= 11 is 0. The molecule has 0 aromatic carbocycles. The van der Waals surface area contributed by atoms with Crippen LogP contribution in [0.1, 0.15) is 0 Å². The van der Waals surface area contributed by atoms with Crippen LogP contribution in [0.2, 0.25) is 6.32 Å². The second-order valence-electron chi connectivity index (χ2n) is 0.691. The average Bonchev–Trinajstić information content (AvgIpc) is 1.41. The third-order valence-corrected chi connectivity index (χ3v) is 0.263. The summed E-state index contributed by atoms with van der Waals surface area (Å²) in [5.74, 6) is 0. The summed E-state index contributed by atoms with van der Waals surface area (Å²) in [6.45, 7) is 3.32. The monoisotopic (exact) mass is 68.0 g/mol. The molecule has 26 valence electrons. The Labute approximate surface area is 31.9 Å². The Morgan fingerprint density at radius 2 is 2.60 bits per heavy atom. The van der Waals surface area contributed by atoms with Gasteiger partial charge in [0.05, 0.1) is 0 Å². The predicted octanol–water partition coefficient (Wildman–Crippen LogP) is 0.640. The van der Waals surface area contributed by atoms with Crippen molar-refractivity contribution >= 4 is 7.15 Å². The molecule has 0 aliphatic heterocycles. The van der Waals surface area contributed by atoms with Crippen molar-refractivity contribution in [2.45, 2.75) is 6.32 Å². The van der Waals surface area contributed by atoms with Crippen LogP contribution in [0.5, 0.6) is 0 Å². The van der Waals surface area contributed by atoms with Gasteiger partial charge in [0.15, 0.2) is 0 Å². The van der Waals surface area contributed by atoms with Crippen LogP contribution in [0.3, 0.4) is 0 Å². The van der Waals surface area contributed by atoms with Gasteiger partial charge < -0.3 is 0 Å². The van der Waals surface area contributed by atoms with Crippen LogP contribution in [-0.4, -0.2) is 7.15 Å². The van der Waals surface area contributed by atoms with Crippen molar-refractivity contribution in [3.8, 4) is 0 Å². The summed E-state index contributed by atoms with van der Waals surface area (Å²) in [5.41, 5.74) is 0. The van der Waals surface area contributed by atoms with Gasteiger partial charge in [0, 0.05) is 0 Å². The average molecular weight is 67.9 g/mol. The molecule has 0 rings (SSSR count). The molecule has 0 aromatic heterocycles. The van der Waals surface area contributed by atoms with Crippen LogP contribution in [0.25, 0.3) is 0 Å². The van der Waals surface area contributed by atoms with Crippen molar-refractivity contribution < 1.29 is 4.70 Å². The van der Waals surface area contributed by atoms with E-state index >= 15 is 0 Å². The van der Waals surface area contributed by atoms with Crippen LogP contribution in [0.15, 0.2) is 12.7 Å². The number of allylic oxidation sites excluding steroid dienone is 1. The summed E-state index contributed by atoms with van der Waals surface area (Å²) in [5, 5.41) is 0. The van der Waals surface area contributed by atoms with Crippen molar-refractivity contribution in [1.82, 2.24) is 0 Å². The van der Waals surface area contributed by atoms with Gasteiger partial charge in [-0.05, 0) is 0 Å². The first-order valence-electron chi connectivity index (χ1n) is 1.46. The van der Waals surface area contributed by atoms with E-state index in [1.807, 2.05) is 0 Å². The summed E-state index contributed by atoms with van der Waals surface area (Å²) < 4.78 is 9.33. The van der Waals surface area contributed by atoms with Crippen LogP contribution < -0.4 is 0 Å². The minimum absolute atomic E-state index is 0.472. The van der Waals surface area contributed by atoms with E-state index in [1.54, 1.807) is 6.08 Å². The molecule has 0 saturated carbocycles. The predicted molar refractivity (Wildman–Crippen MR) is 21.4 cm³/mol. The van der Waals surface area contributed by atoms with Gasteiger partial charge >= 0.3 is 30.8 Å². The second-order valence-corrected chi connectivity index (χ2v) is 0.691. The molecule has 0 saturated heterocycles. The van der Waals surface area contributed by atoms with E-state index in [-0.39, 0.29) is 0 Å². The first-order valence-corrected chi connectivity index (χ1v) is 1.46. The minimum atomic E-state index is 0.472. The maximum absolute atomic E-state index is 9.33. The molecule has 0 N–H and O–H groups in total. The van der Waals surface area contributed by atoms with E-state index in [1.165, 1.54) is 0 Å². The summed E-state index contributed by atoms with van der Waals surface area (Å²) in [6.07, 6.45) is 2.03. The van der Waals surface area contributed by atoms with Crippen LogP contribution >= 0.6 is 0 Å². The van der Waals surface area contributed by atoms with E-state index in [4.69, 9.17) is 0 Å². The quantitative estimate of drug-likeness (QED) is 0.342. The molecule has 0 spiro atoms. The Balaban J connectivity index is 2.65. The Morgan fingerprint density at radius 1 is 2.00 bits per heavy atom. The molecule has 0 bridgehead atoms. The van der Waals surface area contributed by atoms with Crippen molar-refractivity contribution in [2.24, 2.45) is 0 Å². The SMILES string of the molecule is C=CCB=O. The van der Waals surface area contributed by atoms with Crippen molar-refractivity contribution in [1.29, 1.82) is 0 Å². The van der Waals surface area contributed by atoms with E-state index in [2.05, 4.69) is 6.58 Å². The number of hydrogen-bond donors (Lipinski definition) is 0. The fourth-order valence-corrected chi connectivity index (χ4v) is 0.0680. The van der Waals surface area contributed by atoms with Gasteiger partial charge in [-0.15, -0.1) is 0 Å². The Kier molecular flexibility index (Phi) is 3.32. The molecule has 0 fully saturated rings. The third-order valence-electron chi connectivity index (χ3n) is 0.263. The second kappa shape index (κ2) is 3.60. The van der Waals surface area contributed by atoms with Gasteiger partial charge in [-0.25, -0.2) is 0 Å². The summed E-state index contributed by atoms with van der Waals surface area (Å²) in [4.78, 5) is 0. The molecular formula is C3H5BO. The van der Waals surface area contributed by atoms with Gasteiger partial charge in [-0.2, -0.15) is 0 Å². The van der Waals surface area contributed by atoms with Gasteiger partial charge in [0.1, 0.15) is 0 Å². The molecule has 0 amide bonds. The molecule has 0 atom stereocenters. The maximum atomic E-state index is 9.33. The first kappa shape index (κ1) is 4.60.